The molecule has 2 amide bonds. The average molecular weight is 366 g/mol. The molecule has 1 fully saturated rings. The summed E-state index contributed by atoms with van der Waals surface area (Å²) in [5.41, 5.74) is 9.21. The van der Waals surface area contributed by atoms with Gasteiger partial charge in [0.25, 0.3) is 5.91 Å². The topological polar surface area (TPSA) is 78.7 Å². The minimum atomic E-state index is -0.507. The van der Waals surface area contributed by atoms with E-state index in [1.54, 1.807) is 24.3 Å². The van der Waals surface area contributed by atoms with Crippen molar-refractivity contribution in [3.8, 4) is 0 Å². The van der Waals surface area contributed by atoms with Crippen LogP contribution >= 0.6 is 0 Å². The molecule has 0 aromatic heterocycles. The molecule has 3 rings (SSSR count). The van der Waals surface area contributed by atoms with Crippen LogP contribution in [0, 0.1) is 6.92 Å². The summed E-state index contributed by atoms with van der Waals surface area (Å²) in [6, 6.07) is 12.3. The quantitative estimate of drug-likeness (QED) is 0.852. The monoisotopic (exact) mass is 366 g/mol. The fraction of sp³-hybridized carbons (Fsp3) is 0.333. The third-order valence-corrected chi connectivity index (χ3v) is 5.05. The summed E-state index contributed by atoms with van der Waals surface area (Å²) in [7, 11) is 0. The first kappa shape index (κ1) is 18.9. The Hall–Kier alpha value is -2.86. The fourth-order valence-electron chi connectivity index (χ4n) is 3.38. The number of likely N-dealkylation sites (N-methyl/N-ethyl adjacent to an activating group) is 1. The Balaban J connectivity index is 1.66. The number of carbonyl (C=O) groups is 2. The van der Waals surface area contributed by atoms with Gasteiger partial charge in [-0.05, 0) is 61.5 Å². The number of aryl methyl sites for hydroxylation is 1. The van der Waals surface area contributed by atoms with Gasteiger partial charge in [-0.2, -0.15) is 0 Å². The fourth-order valence-corrected chi connectivity index (χ4v) is 3.38. The zero-order valence-electron chi connectivity index (χ0n) is 15.9. The molecular weight excluding hydrogens is 340 g/mol. The third-order valence-electron chi connectivity index (χ3n) is 5.05. The van der Waals surface area contributed by atoms with Gasteiger partial charge in [0.1, 0.15) is 0 Å². The van der Waals surface area contributed by atoms with Crippen molar-refractivity contribution >= 4 is 23.2 Å². The molecule has 1 heterocycles. The first-order valence-corrected chi connectivity index (χ1v) is 9.27. The van der Waals surface area contributed by atoms with E-state index in [0.29, 0.717) is 11.1 Å². The van der Waals surface area contributed by atoms with E-state index in [4.69, 9.17) is 5.73 Å². The first-order valence-electron chi connectivity index (χ1n) is 9.27. The molecule has 0 radical (unpaired) electrons. The van der Waals surface area contributed by atoms with Crippen molar-refractivity contribution in [1.29, 1.82) is 0 Å². The molecule has 6 nitrogen and oxygen atoms in total. The van der Waals surface area contributed by atoms with Crippen LogP contribution in [0.3, 0.4) is 0 Å². The van der Waals surface area contributed by atoms with Crippen molar-refractivity contribution in [3.63, 3.8) is 0 Å². The van der Waals surface area contributed by atoms with Gasteiger partial charge in [0.05, 0.1) is 0 Å². The molecule has 0 spiro atoms. The number of benzene rings is 2. The number of nitrogens with two attached hydrogens (primary N) is 1. The van der Waals surface area contributed by atoms with Crippen LogP contribution in [0.5, 0.6) is 0 Å². The number of piperazine rings is 1. The minimum absolute atomic E-state index is 0.213. The third kappa shape index (κ3) is 4.46. The van der Waals surface area contributed by atoms with Crippen LogP contribution in [0.4, 0.5) is 11.4 Å². The number of carbonyl (C=O) groups excluding carboxylic acids is 2. The van der Waals surface area contributed by atoms with Crippen LogP contribution < -0.4 is 16.0 Å². The molecule has 1 aliphatic heterocycles. The Morgan fingerprint density at radius 1 is 1.00 bits per heavy atom. The van der Waals surface area contributed by atoms with E-state index in [9.17, 15) is 9.59 Å². The summed E-state index contributed by atoms with van der Waals surface area (Å²) in [5, 5.41) is 2.91. The van der Waals surface area contributed by atoms with Gasteiger partial charge in [-0.3, -0.25) is 9.59 Å². The molecule has 2 aromatic carbocycles. The normalized spacial score (nSPS) is 14.8. The average Bonchev–Trinajstić information content (AvgIpc) is 2.68. The van der Waals surface area contributed by atoms with Crippen molar-refractivity contribution in [2.75, 3.05) is 42.9 Å². The molecule has 27 heavy (non-hydrogen) atoms. The van der Waals surface area contributed by atoms with Gasteiger partial charge in [-0.15, -0.1) is 0 Å². The largest absolute Gasteiger partial charge is 0.369 e. The van der Waals surface area contributed by atoms with Gasteiger partial charge >= 0.3 is 0 Å². The van der Waals surface area contributed by atoms with Crippen molar-refractivity contribution < 1.29 is 9.59 Å². The van der Waals surface area contributed by atoms with E-state index < -0.39 is 5.91 Å². The van der Waals surface area contributed by atoms with Crippen LogP contribution in [0.2, 0.25) is 0 Å². The van der Waals surface area contributed by atoms with Crippen molar-refractivity contribution in [2.24, 2.45) is 5.73 Å². The Labute approximate surface area is 159 Å². The molecule has 2 aromatic rings. The lowest BCUT2D eigenvalue weighted by atomic mass is 10.1. The molecule has 1 saturated heterocycles. The van der Waals surface area contributed by atoms with Crippen molar-refractivity contribution in [2.45, 2.75) is 13.8 Å². The van der Waals surface area contributed by atoms with Gasteiger partial charge < -0.3 is 20.9 Å². The van der Waals surface area contributed by atoms with Crippen molar-refractivity contribution in [3.05, 3.63) is 59.2 Å². The first-order chi connectivity index (χ1) is 13.0. The minimum Gasteiger partial charge on any atom is -0.369 e. The number of primary amides is 1. The predicted octanol–water partition coefficient (Wildman–Crippen LogP) is 2.49. The molecule has 0 unspecified atom stereocenters. The summed E-state index contributed by atoms with van der Waals surface area (Å²) in [5.74, 6) is -0.720. The molecule has 6 heteroatoms. The molecule has 3 N–H and O–H groups in total. The number of anilines is 2. The zero-order chi connectivity index (χ0) is 19.4. The number of hydrogen-bond donors (Lipinski definition) is 2. The highest BCUT2D eigenvalue weighted by Crippen LogP contribution is 2.25. The van der Waals surface area contributed by atoms with Crippen molar-refractivity contribution in [1.82, 2.24) is 4.90 Å². The van der Waals surface area contributed by atoms with Gasteiger partial charge in [0, 0.05) is 48.7 Å². The van der Waals surface area contributed by atoms with Gasteiger partial charge in [-0.25, -0.2) is 0 Å². The predicted molar refractivity (Wildman–Crippen MR) is 108 cm³/mol. The maximum Gasteiger partial charge on any atom is 0.255 e. The van der Waals surface area contributed by atoms with Gasteiger partial charge in [-0.1, -0.05) is 6.92 Å². The number of hydrogen-bond acceptors (Lipinski definition) is 4. The number of amides is 2. The molecule has 0 bridgehead atoms. The molecular formula is C21H26N4O2. The summed E-state index contributed by atoms with van der Waals surface area (Å²) in [4.78, 5) is 28.4. The summed E-state index contributed by atoms with van der Waals surface area (Å²) >= 11 is 0. The standard InChI is InChI=1S/C21H26N4O2/c1-3-24-10-12-25(13-11-24)19-9-8-18(14-15(19)2)23-21(27)17-6-4-16(5-7-17)20(22)26/h4-9,14H,3,10-13H2,1-2H3,(H2,22,26)(H,23,27). The van der Waals surface area contributed by atoms with E-state index in [-0.39, 0.29) is 5.91 Å². The van der Waals surface area contributed by atoms with E-state index in [1.807, 2.05) is 12.1 Å². The Kier molecular flexibility index (Phi) is 5.76. The SMILES string of the molecule is CCN1CCN(c2ccc(NC(=O)c3ccc(C(N)=O)cc3)cc2C)CC1. The van der Waals surface area contributed by atoms with E-state index in [1.165, 1.54) is 5.69 Å². The highest BCUT2D eigenvalue weighted by atomic mass is 16.2. The number of nitrogens with one attached hydrogen (secondary N) is 1. The summed E-state index contributed by atoms with van der Waals surface area (Å²) in [6.45, 7) is 9.56. The van der Waals surface area contributed by atoms with Gasteiger partial charge in [0.15, 0.2) is 0 Å². The van der Waals surface area contributed by atoms with Crippen LogP contribution in [-0.2, 0) is 0 Å². The maximum absolute atomic E-state index is 12.4. The summed E-state index contributed by atoms with van der Waals surface area (Å²) in [6.07, 6.45) is 0. The van der Waals surface area contributed by atoms with E-state index in [2.05, 4.69) is 35.0 Å². The highest BCUT2D eigenvalue weighted by molar-refractivity contribution is 6.05. The van der Waals surface area contributed by atoms with E-state index >= 15 is 0 Å². The highest BCUT2D eigenvalue weighted by Gasteiger charge is 2.17. The lowest BCUT2D eigenvalue weighted by Gasteiger charge is -2.36. The smallest absolute Gasteiger partial charge is 0.255 e. The van der Waals surface area contributed by atoms with Crippen LogP contribution in [-0.4, -0.2) is 49.4 Å². The molecule has 0 atom stereocenters. The lowest BCUT2D eigenvalue weighted by Crippen LogP contribution is -2.46. The number of rotatable bonds is 5. The van der Waals surface area contributed by atoms with Crippen LogP contribution in [0.1, 0.15) is 33.2 Å². The van der Waals surface area contributed by atoms with Crippen LogP contribution in [0.25, 0.3) is 0 Å². The zero-order valence-corrected chi connectivity index (χ0v) is 15.9. The second-order valence-electron chi connectivity index (χ2n) is 6.82. The second kappa shape index (κ2) is 8.22. The second-order valence-corrected chi connectivity index (χ2v) is 6.82. The Morgan fingerprint density at radius 3 is 2.19 bits per heavy atom. The molecule has 0 saturated carbocycles. The van der Waals surface area contributed by atoms with Crippen LogP contribution in [0.15, 0.2) is 42.5 Å². The molecule has 1 aliphatic rings. The lowest BCUT2D eigenvalue weighted by molar-refractivity contribution is 0.0995. The number of nitrogens with zero attached hydrogens (tertiary/aromatic N) is 2. The molecule has 142 valence electrons. The molecule has 0 aliphatic carbocycles. The maximum atomic E-state index is 12.4. The summed E-state index contributed by atoms with van der Waals surface area (Å²) < 4.78 is 0. The van der Waals surface area contributed by atoms with Gasteiger partial charge in [0.2, 0.25) is 5.91 Å². The van der Waals surface area contributed by atoms with E-state index in [0.717, 1.165) is 44.0 Å². The Morgan fingerprint density at radius 2 is 1.63 bits per heavy atom. The Bertz CT molecular complexity index is 825.